The summed E-state index contributed by atoms with van der Waals surface area (Å²) in [6.45, 7) is 3.67. The van der Waals surface area contributed by atoms with Crippen molar-refractivity contribution in [1.29, 1.82) is 0 Å². The molecule has 0 aromatic carbocycles. The molecule has 4 saturated heterocycles. The standard InChI is InChI=1S/C9H13NO7S/c1-8(2)15-6-7-13-3-4(14-7)5-9(6,17-8)10-18(11,12)16-5/h4-7,10H,3H2,1-2H3/t4-,5-,6-,7-,9+/m1/s1. The SMILES string of the molecule is CC1(C)O[C@@H]2[C@@H]3OC[C@@H](O3)[C@H]3OS(=O)(=O)N[C@@]23O1. The quantitative estimate of drug-likeness (QED) is 0.597. The molecule has 0 saturated carbocycles. The minimum atomic E-state index is -3.86. The van der Waals surface area contributed by atoms with E-state index in [1.54, 1.807) is 13.8 Å². The third-order valence-electron chi connectivity index (χ3n) is 3.50. The van der Waals surface area contributed by atoms with E-state index in [-0.39, 0.29) is 6.61 Å². The first-order chi connectivity index (χ1) is 8.31. The summed E-state index contributed by atoms with van der Waals surface area (Å²) in [7, 11) is -3.86. The van der Waals surface area contributed by atoms with Gasteiger partial charge in [-0.2, -0.15) is 13.1 Å². The Balaban J connectivity index is 1.85. The monoisotopic (exact) mass is 279 g/mol. The van der Waals surface area contributed by atoms with E-state index in [2.05, 4.69) is 4.72 Å². The molecule has 4 aliphatic rings. The van der Waals surface area contributed by atoms with Gasteiger partial charge in [0.1, 0.15) is 6.10 Å². The van der Waals surface area contributed by atoms with Crippen molar-refractivity contribution in [2.45, 2.75) is 50.0 Å². The zero-order chi connectivity index (χ0) is 12.8. The van der Waals surface area contributed by atoms with E-state index in [4.69, 9.17) is 23.1 Å². The highest BCUT2D eigenvalue weighted by Crippen LogP contribution is 2.50. The van der Waals surface area contributed by atoms with Gasteiger partial charge in [-0.15, -0.1) is 0 Å². The van der Waals surface area contributed by atoms with Crippen LogP contribution >= 0.6 is 0 Å². The second-order valence-electron chi connectivity index (χ2n) is 5.28. The Bertz CT molecular complexity index is 505. The molecule has 0 radical (unpaired) electrons. The fraction of sp³-hybridized carbons (Fsp3) is 1.00. The van der Waals surface area contributed by atoms with Crippen molar-refractivity contribution in [3.8, 4) is 0 Å². The molecule has 0 aliphatic carbocycles. The van der Waals surface area contributed by atoms with Crippen LogP contribution in [-0.2, 0) is 33.4 Å². The van der Waals surface area contributed by atoms with Crippen LogP contribution in [0.25, 0.3) is 0 Å². The van der Waals surface area contributed by atoms with Crippen LogP contribution in [0.5, 0.6) is 0 Å². The highest BCUT2D eigenvalue weighted by atomic mass is 32.2. The van der Waals surface area contributed by atoms with E-state index >= 15 is 0 Å². The second-order valence-corrected chi connectivity index (χ2v) is 6.59. The predicted molar refractivity (Wildman–Crippen MR) is 54.3 cm³/mol. The largest absolute Gasteiger partial charge is 0.347 e. The van der Waals surface area contributed by atoms with Gasteiger partial charge >= 0.3 is 10.3 Å². The van der Waals surface area contributed by atoms with Crippen LogP contribution in [-0.4, -0.2) is 51.1 Å². The number of hydrogen-bond donors (Lipinski definition) is 1. The molecule has 1 N–H and O–H groups in total. The number of ether oxygens (including phenoxy) is 4. The first-order valence-electron chi connectivity index (χ1n) is 5.69. The molecular weight excluding hydrogens is 266 g/mol. The number of rotatable bonds is 0. The van der Waals surface area contributed by atoms with E-state index in [0.717, 1.165) is 0 Å². The summed E-state index contributed by atoms with van der Waals surface area (Å²) >= 11 is 0. The Morgan fingerprint density at radius 1 is 1.28 bits per heavy atom. The first-order valence-corrected chi connectivity index (χ1v) is 7.09. The third kappa shape index (κ3) is 1.32. The number of hydrogen-bond acceptors (Lipinski definition) is 7. The molecule has 0 amide bonds. The van der Waals surface area contributed by atoms with Gasteiger partial charge in [-0.3, -0.25) is 0 Å². The molecule has 1 spiro atoms. The smallest absolute Gasteiger partial charge is 0.338 e. The average molecular weight is 279 g/mol. The second kappa shape index (κ2) is 3.06. The van der Waals surface area contributed by atoms with Gasteiger partial charge in [0.25, 0.3) is 0 Å². The minimum absolute atomic E-state index is 0.262. The van der Waals surface area contributed by atoms with Crippen LogP contribution in [0.4, 0.5) is 0 Å². The lowest BCUT2D eigenvalue weighted by Gasteiger charge is -2.37. The molecule has 8 nitrogen and oxygen atoms in total. The molecule has 102 valence electrons. The molecule has 4 rings (SSSR count). The van der Waals surface area contributed by atoms with Gasteiger partial charge in [0.05, 0.1) is 6.61 Å². The predicted octanol–water partition coefficient (Wildman–Crippen LogP) is -1.18. The minimum Gasteiger partial charge on any atom is -0.347 e. The van der Waals surface area contributed by atoms with E-state index in [9.17, 15) is 8.42 Å². The Morgan fingerprint density at radius 2 is 2.06 bits per heavy atom. The Labute approximate surface area is 104 Å². The van der Waals surface area contributed by atoms with Crippen molar-refractivity contribution in [2.75, 3.05) is 6.61 Å². The molecule has 4 fully saturated rings. The number of fused-ring (bicyclic) bond motifs is 4. The van der Waals surface area contributed by atoms with Crippen LogP contribution in [0.1, 0.15) is 13.8 Å². The summed E-state index contributed by atoms with van der Waals surface area (Å²) in [6, 6.07) is 0. The molecule has 0 aromatic heterocycles. The molecular formula is C9H13NO7S. The molecule has 0 unspecified atom stereocenters. The third-order valence-corrected chi connectivity index (χ3v) is 4.53. The van der Waals surface area contributed by atoms with Gasteiger partial charge < -0.3 is 18.9 Å². The van der Waals surface area contributed by atoms with Crippen molar-refractivity contribution >= 4 is 10.3 Å². The number of nitrogens with one attached hydrogen (secondary N) is 1. The lowest BCUT2D eigenvalue weighted by Crippen LogP contribution is -2.65. The van der Waals surface area contributed by atoms with Crippen LogP contribution in [0.3, 0.4) is 0 Å². The van der Waals surface area contributed by atoms with Crippen molar-refractivity contribution in [3.05, 3.63) is 0 Å². The summed E-state index contributed by atoms with van der Waals surface area (Å²) in [6.07, 6.45) is -2.60. The highest BCUT2D eigenvalue weighted by molar-refractivity contribution is 7.85. The summed E-state index contributed by atoms with van der Waals surface area (Å²) in [5, 5.41) is 0. The van der Waals surface area contributed by atoms with Crippen molar-refractivity contribution in [2.24, 2.45) is 0 Å². The molecule has 2 bridgehead atoms. The van der Waals surface area contributed by atoms with Gasteiger partial charge in [0.15, 0.2) is 30.0 Å². The fourth-order valence-corrected chi connectivity index (χ4v) is 4.27. The van der Waals surface area contributed by atoms with Crippen molar-refractivity contribution in [3.63, 3.8) is 0 Å². The van der Waals surface area contributed by atoms with Crippen LogP contribution in [0, 0.1) is 0 Å². The topological polar surface area (TPSA) is 92.3 Å². The van der Waals surface area contributed by atoms with Crippen LogP contribution < -0.4 is 4.72 Å². The van der Waals surface area contributed by atoms with Crippen molar-refractivity contribution in [1.82, 2.24) is 4.72 Å². The van der Waals surface area contributed by atoms with E-state index in [0.29, 0.717) is 0 Å². The normalized spacial score (nSPS) is 55.2. The van der Waals surface area contributed by atoms with E-state index in [1.807, 2.05) is 0 Å². The Hall–Kier alpha value is -0.290. The Kier molecular flexibility index (Phi) is 1.96. The van der Waals surface area contributed by atoms with Gasteiger partial charge in [0.2, 0.25) is 0 Å². The summed E-state index contributed by atoms with van der Waals surface area (Å²) in [4.78, 5) is 0. The maximum Gasteiger partial charge on any atom is 0.338 e. The van der Waals surface area contributed by atoms with Gasteiger partial charge in [-0.05, 0) is 13.8 Å². The average Bonchev–Trinajstić information content (AvgIpc) is 2.80. The fourth-order valence-electron chi connectivity index (χ4n) is 3.02. The molecule has 5 atom stereocenters. The zero-order valence-corrected chi connectivity index (χ0v) is 10.6. The molecule has 18 heavy (non-hydrogen) atoms. The molecule has 9 heteroatoms. The molecule has 0 aromatic rings. The maximum atomic E-state index is 11.7. The lowest BCUT2D eigenvalue weighted by molar-refractivity contribution is -0.217. The van der Waals surface area contributed by atoms with Gasteiger partial charge in [-0.25, -0.2) is 4.18 Å². The molecule has 4 aliphatic heterocycles. The van der Waals surface area contributed by atoms with Crippen LogP contribution in [0.2, 0.25) is 0 Å². The zero-order valence-electron chi connectivity index (χ0n) is 9.78. The summed E-state index contributed by atoms with van der Waals surface area (Å²) < 4.78 is 53.2. The summed E-state index contributed by atoms with van der Waals surface area (Å²) in [5.74, 6) is -0.934. The van der Waals surface area contributed by atoms with Crippen LogP contribution in [0.15, 0.2) is 0 Å². The Morgan fingerprint density at radius 3 is 2.83 bits per heavy atom. The summed E-state index contributed by atoms with van der Waals surface area (Å²) in [5.41, 5.74) is -1.26. The van der Waals surface area contributed by atoms with Gasteiger partial charge in [-0.1, -0.05) is 0 Å². The first kappa shape index (κ1) is 11.5. The lowest BCUT2D eigenvalue weighted by atomic mass is 9.95. The van der Waals surface area contributed by atoms with Gasteiger partial charge in [0, 0.05) is 0 Å². The maximum absolute atomic E-state index is 11.7. The van der Waals surface area contributed by atoms with Crippen molar-refractivity contribution < 1.29 is 31.5 Å². The highest BCUT2D eigenvalue weighted by Gasteiger charge is 2.73. The molecule has 4 heterocycles. The van der Waals surface area contributed by atoms with E-state index in [1.165, 1.54) is 0 Å². The van der Waals surface area contributed by atoms with E-state index < -0.39 is 46.4 Å².